The summed E-state index contributed by atoms with van der Waals surface area (Å²) in [7, 11) is -1.07. The number of hydrogen-bond donors (Lipinski definition) is 1. The van der Waals surface area contributed by atoms with Crippen LogP contribution in [0.3, 0.4) is 0 Å². The third kappa shape index (κ3) is 4.55. The average molecular weight is 397 g/mol. The number of hydrogen-bond acceptors (Lipinski definition) is 4. The van der Waals surface area contributed by atoms with Crippen molar-refractivity contribution in [2.24, 2.45) is 0 Å². The summed E-state index contributed by atoms with van der Waals surface area (Å²) >= 11 is 6.00. The van der Waals surface area contributed by atoms with Gasteiger partial charge in [0.2, 0.25) is 15.9 Å². The molecule has 0 saturated heterocycles. The number of benzene rings is 2. The molecule has 0 aliphatic heterocycles. The second-order valence-electron chi connectivity index (χ2n) is 5.62. The average Bonchev–Trinajstić information content (AvgIpc) is 2.61. The van der Waals surface area contributed by atoms with Gasteiger partial charge in [-0.3, -0.25) is 4.79 Å². The SMILES string of the molecule is CCc1ccccc1NC(=O)CN(C)S(=O)(=O)c1ccc(OC)c(Cl)c1. The van der Waals surface area contributed by atoms with Crippen molar-refractivity contribution in [3.8, 4) is 5.75 Å². The number of amides is 1. The highest BCUT2D eigenvalue weighted by molar-refractivity contribution is 7.89. The number of ether oxygens (including phenoxy) is 1. The molecule has 8 heteroatoms. The Morgan fingerprint density at radius 1 is 1.23 bits per heavy atom. The van der Waals surface area contributed by atoms with E-state index in [0.29, 0.717) is 11.4 Å². The maximum atomic E-state index is 12.6. The Balaban J connectivity index is 2.13. The molecular weight excluding hydrogens is 376 g/mol. The third-order valence-electron chi connectivity index (χ3n) is 3.87. The Hall–Kier alpha value is -2.09. The monoisotopic (exact) mass is 396 g/mol. The van der Waals surface area contributed by atoms with E-state index in [2.05, 4.69) is 5.32 Å². The Morgan fingerprint density at radius 2 is 1.92 bits per heavy atom. The lowest BCUT2D eigenvalue weighted by molar-refractivity contribution is -0.116. The van der Waals surface area contributed by atoms with E-state index in [0.717, 1.165) is 16.3 Å². The number of nitrogens with zero attached hydrogens (tertiary/aromatic N) is 1. The summed E-state index contributed by atoms with van der Waals surface area (Å²) in [5, 5.41) is 2.94. The molecular formula is C18H21ClN2O4S. The number of methoxy groups -OCH3 is 1. The standard InChI is InChI=1S/C18H21ClN2O4S/c1-4-13-7-5-6-8-16(13)20-18(22)12-21(2)26(23,24)14-9-10-17(25-3)15(19)11-14/h5-11H,4,12H2,1-3H3,(H,20,22). The van der Waals surface area contributed by atoms with Crippen LogP contribution >= 0.6 is 11.6 Å². The fourth-order valence-electron chi connectivity index (χ4n) is 2.42. The van der Waals surface area contributed by atoms with Gasteiger partial charge in [-0.2, -0.15) is 4.31 Å². The number of likely N-dealkylation sites (N-methyl/N-ethyl adjacent to an activating group) is 1. The molecule has 6 nitrogen and oxygen atoms in total. The Morgan fingerprint density at radius 3 is 2.54 bits per heavy atom. The summed E-state index contributed by atoms with van der Waals surface area (Å²) in [6, 6.07) is 11.6. The summed E-state index contributed by atoms with van der Waals surface area (Å²) in [6.45, 7) is 1.67. The summed E-state index contributed by atoms with van der Waals surface area (Å²) in [5.74, 6) is -0.0428. The third-order valence-corrected chi connectivity index (χ3v) is 5.96. The molecule has 2 aromatic carbocycles. The number of nitrogens with one attached hydrogen (secondary N) is 1. The van der Waals surface area contributed by atoms with Crippen LogP contribution in [-0.4, -0.2) is 39.3 Å². The Bertz CT molecular complexity index is 900. The van der Waals surface area contributed by atoms with E-state index in [1.54, 1.807) is 6.07 Å². The highest BCUT2D eigenvalue weighted by atomic mass is 35.5. The molecule has 0 aliphatic carbocycles. The maximum Gasteiger partial charge on any atom is 0.243 e. The van der Waals surface area contributed by atoms with Crippen molar-refractivity contribution in [3.63, 3.8) is 0 Å². The predicted octanol–water partition coefficient (Wildman–Crippen LogP) is 3.17. The van der Waals surface area contributed by atoms with Gasteiger partial charge in [-0.25, -0.2) is 8.42 Å². The van der Waals surface area contributed by atoms with E-state index >= 15 is 0 Å². The lowest BCUT2D eigenvalue weighted by Crippen LogP contribution is -2.35. The van der Waals surface area contributed by atoms with E-state index < -0.39 is 15.9 Å². The number of sulfonamides is 1. The Kier molecular flexibility index (Phi) is 6.63. The lowest BCUT2D eigenvalue weighted by atomic mass is 10.1. The van der Waals surface area contributed by atoms with E-state index in [4.69, 9.17) is 16.3 Å². The van der Waals surface area contributed by atoms with Crippen molar-refractivity contribution in [1.29, 1.82) is 0 Å². The highest BCUT2D eigenvalue weighted by Crippen LogP contribution is 2.28. The minimum Gasteiger partial charge on any atom is -0.495 e. The van der Waals surface area contributed by atoms with Gasteiger partial charge in [0.1, 0.15) is 5.75 Å². The summed E-state index contributed by atoms with van der Waals surface area (Å²) in [6.07, 6.45) is 0.759. The molecule has 0 radical (unpaired) electrons. The molecule has 0 bridgehead atoms. The van der Waals surface area contributed by atoms with Crippen LogP contribution in [0.5, 0.6) is 5.75 Å². The molecule has 0 atom stereocenters. The minimum atomic E-state index is -3.86. The van der Waals surface area contributed by atoms with E-state index in [1.165, 1.54) is 32.4 Å². The first-order valence-electron chi connectivity index (χ1n) is 7.97. The lowest BCUT2D eigenvalue weighted by Gasteiger charge is -2.18. The summed E-state index contributed by atoms with van der Waals surface area (Å²) in [4.78, 5) is 12.3. The molecule has 0 unspecified atom stereocenters. The van der Waals surface area contributed by atoms with Crippen molar-refractivity contribution < 1.29 is 17.9 Å². The molecule has 140 valence electrons. The van der Waals surface area contributed by atoms with Crippen molar-refractivity contribution in [3.05, 3.63) is 53.1 Å². The smallest absolute Gasteiger partial charge is 0.243 e. The van der Waals surface area contributed by atoms with Gasteiger partial charge in [0.25, 0.3) is 0 Å². The Labute approximate surface area is 158 Å². The second kappa shape index (κ2) is 8.53. The first kappa shape index (κ1) is 20.2. The number of aryl methyl sites for hydroxylation is 1. The molecule has 0 heterocycles. The fourth-order valence-corrected chi connectivity index (χ4v) is 3.89. The molecule has 2 aromatic rings. The first-order valence-corrected chi connectivity index (χ1v) is 9.79. The van der Waals surface area contributed by atoms with Crippen LogP contribution in [0, 0.1) is 0 Å². The number of carbonyl (C=O) groups excluding carboxylic acids is 1. The molecule has 1 N–H and O–H groups in total. The van der Waals surface area contributed by atoms with E-state index in [1.807, 2.05) is 25.1 Å². The zero-order valence-corrected chi connectivity index (χ0v) is 16.4. The molecule has 2 rings (SSSR count). The minimum absolute atomic E-state index is 0.00689. The second-order valence-corrected chi connectivity index (χ2v) is 8.07. The highest BCUT2D eigenvalue weighted by Gasteiger charge is 2.24. The van der Waals surface area contributed by atoms with Crippen LogP contribution in [0.1, 0.15) is 12.5 Å². The van der Waals surface area contributed by atoms with Crippen LogP contribution in [0.15, 0.2) is 47.4 Å². The van der Waals surface area contributed by atoms with Gasteiger partial charge in [-0.1, -0.05) is 36.7 Å². The van der Waals surface area contributed by atoms with Gasteiger partial charge in [0, 0.05) is 12.7 Å². The number of para-hydroxylation sites is 1. The topological polar surface area (TPSA) is 75.7 Å². The van der Waals surface area contributed by atoms with Crippen LogP contribution < -0.4 is 10.1 Å². The van der Waals surface area contributed by atoms with Crippen LogP contribution in [-0.2, 0) is 21.2 Å². The fraction of sp³-hybridized carbons (Fsp3) is 0.278. The zero-order valence-electron chi connectivity index (χ0n) is 14.8. The molecule has 0 aliphatic rings. The van der Waals surface area contributed by atoms with E-state index in [-0.39, 0.29) is 16.5 Å². The molecule has 0 fully saturated rings. The van der Waals surface area contributed by atoms with Gasteiger partial charge in [-0.05, 0) is 36.2 Å². The summed E-state index contributed by atoms with van der Waals surface area (Å²) < 4.78 is 31.3. The van der Waals surface area contributed by atoms with Gasteiger partial charge >= 0.3 is 0 Å². The van der Waals surface area contributed by atoms with Gasteiger partial charge in [0.05, 0.1) is 23.6 Å². The van der Waals surface area contributed by atoms with Crippen molar-refractivity contribution >= 4 is 33.2 Å². The molecule has 0 spiro atoms. The normalized spacial score (nSPS) is 11.4. The number of halogens is 1. The zero-order chi connectivity index (χ0) is 19.3. The maximum absolute atomic E-state index is 12.6. The molecule has 1 amide bonds. The number of rotatable bonds is 7. The van der Waals surface area contributed by atoms with Gasteiger partial charge in [0.15, 0.2) is 0 Å². The van der Waals surface area contributed by atoms with Crippen molar-refractivity contribution in [2.75, 3.05) is 26.0 Å². The summed E-state index contributed by atoms with van der Waals surface area (Å²) in [5.41, 5.74) is 1.66. The van der Waals surface area contributed by atoms with Gasteiger partial charge < -0.3 is 10.1 Å². The predicted molar refractivity (Wildman–Crippen MR) is 102 cm³/mol. The van der Waals surface area contributed by atoms with Crippen LogP contribution in [0.2, 0.25) is 5.02 Å². The number of anilines is 1. The van der Waals surface area contributed by atoms with Crippen molar-refractivity contribution in [1.82, 2.24) is 4.31 Å². The van der Waals surface area contributed by atoms with Crippen LogP contribution in [0.4, 0.5) is 5.69 Å². The van der Waals surface area contributed by atoms with Crippen molar-refractivity contribution in [2.45, 2.75) is 18.2 Å². The largest absolute Gasteiger partial charge is 0.495 e. The van der Waals surface area contributed by atoms with E-state index in [9.17, 15) is 13.2 Å². The molecule has 0 saturated carbocycles. The number of carbonyl (C=O) groups is 1. The quantitative estimate of drug-likeness (QED) is 0.779. The molecule has 26 heavy (non-hydrogen) atoms. The van der Waals surface area contributed by atoms with Gasteiger partial charge in [-0.15, -0.1) is 0 Å². The first-order chi connectivity index (χ1) is 12.3. The van der Waals surface area contributed by atoms with Crippen LogP contribution in [0.25, 0.3) is 0 Å². The molecule has 0 aromatic heterocycles.